The Balaban J connectivity index is 0.000000326. The molecule has 2 aliphatic heterocycles. The zero-order valence-corrected chi connectivity index (χ0v) is 17.8. The van der Waals surface area contributed by atoms with Gasteiger partial charge in [0.2, 0.25) is 0 Å². The van der Waals surface area contributed by atoms with E-state index in [1.54, 1.807) is 45.0 Å². The standard InChI is InChI=1S/C16H23NO5.C7H6O/c1-15(2,3)21-13(19)16(4,14(20)22-17)9-11-7-5-6-8-12(11)10-18;1-3-7-4-2-6(1)5-8-7/h5-8,18H,9-10,17H2,1-4H3;1-4H,5H2. The van der Waals surface area contributed by atoms with E-state index >= 15 is 0 Å². The second-order valence-electron chi connectivity index (χ2n) is 8.28. The van der Waals surface area contributed by atoms with Crippen LogP contribution >= 0.6 is 0 Å². The first kappa shape index (κ1) is 23.4. The van der Waals surface area contributed by atoms with Gasteiger partial charge in [-0.25, -0.2) is 4.79 Å². The third-order valence-corrected chi connectivity index (χ3v) is 4.57. The molecule has 0 radical (unpaired) electrons. The van der Waals surface area contributed by atoms with Crippen molar-refractivity contribution in [2.24, 2.45) is 11.3 Å². The zero-order chi connectivity index (χ0) is 22.4. The van der Waals surface area contributed by atoms with Gasteiger partial charge in [-0.05, 0) is 62.9 Å². The first-order valence-corrected chi connectivity index (χ1v) is 9.63. The summed E-state index contributed by atoms with van der Waals surface area (Å²) in [6.07, 6.45) is 0.0225. The van der Waals surface area contributed by atoms with Crippen LogP contribution in [-0.4, -0.2) is 22.6 Å². The third-order valence-electron chi connectivity index (χ3n) is 4.57. The highest BCUT2D eigenvalue weighted by Crippen LogP contribution is 2.29. The van der Waals surface area contributed by atoms with Crippen molar-refractivity contribution in [3.63, 3.8) is 0 Å². The van der Waals surface area contributed by atoms with Crippen molar-refractivity contribution in [1.29, 1.82) is 0 Å². The fraction of sp³-hybridized carbons (Fsp3) is 0.391. The highest BCUT2D eigenvalue weighted by Gasteiger charge is 2.46. The number of hydrogen-bond donors (Lipinski definition) is 2. The second kappa shape index (κ2) is 9.73. The molecule has 7 heteroatoms. The van der Waals surface area contributed by atoms with Gasteiger partial charge in [0.1, 0.15) is 18.0 Å². The lowest BCUT2D eigenvalue weighted by molar-refractivity contribution is -0.178. The number of nitrogens with two attached hydrogens (primary N) is 1. The molecule has 0 saturated carbocycles. The van der Waals surface area contributed by atoms with E-state index in [4.69, 9.17) is 15.4 Å². The van der Waals surface area contributed by atoms with Gasteiger partial charge in [0.15, 0.2) is 5.41 Å². The maximum absolute atomic E-state index is 12.4. The minimum absolute atomic E-state index is 0.0225. The summed E-state index contributed by atoms with van der Waals surface area (Å²) in [5.74, 6) is 4.36. The third kappa shape index (κ3) is 6.05. The number of aliphatic hydroxyl groups excluding tert-OH is 1. The minimum Gasteiger partial charge on any atom is -0.489 e. The average molecular weight is 415 g/mol. The first-order valence-electron chi connectivity index (χ1n) is 9.63. The number of hydrogen-bond acceptors (Lipinski definition) is 7. The maximum Gasteiger partial charge on any atom is 0.341 e. The van der Waals surface area contributed by atoms with Gasteiger partial charge >= 0.3 is 11.9 Å². The fourth-order valence-electron chi connectivity index (χ4n) is 2.86. The molecule has 0 fully saturated rings. The van der Waals surface area contributed by atoms with Crippen molar-refractivity contribution in [1.82, 2.24) is 0 Å². The second-order valence-corrected chi connectivity index (χ2v) is 8.28. The smallest absolute Gasteiger partial charge is 0.341 e. The van der Waals surface area contributed by atoms with Gasteiger partial charge in [-0.15, -0.1) is 0 Å². The molecule has 0 spiro atoms. The zero-order valence-electron chi connectivity index (χ0n) is 17.8. The van der Waals surface area contributed by atoms with Gasteiger partial charge in [-0.3, -0.25) is 4.79 Å². The Labute approximate surface area is 176 Å². The summed E-state index contributed by atoms with van der Waals surface area (Å²) in [6, 6.07) is 15.1. The van der Waals surface area contributed by atoms with Crippen LogP contribution in [0.4, 0.5) is 0 Å². The van der Waals surface area contributed by atoms with Crippen molar-refractivity contribution < 1.29 is 29.0 Å². The molecular formula is C23H29NO6. The predicted molar refractivity (Wildman–Crippen MR) is 111 cm³/mol. The van der Waals surface area contributed by atoms with E-state index in [0.29, 0.717) is 11.1 Å². The Morgan fingerprint density at radius 1 is 1.00 bits per heavy atom. The van der Waals surface area contributed by atoms with E-state index in [9.17, 15) is 14.7 Å². The van der Waals surface area contributed by atoms with Crippen LogP contribution in [0.2, 0.25) is 0 Å². The van der Waals surface area contributed by atoms with Crippen molar-refractivity contribution in [2.75, 3.05) is 0 Å². The Morgan fingerprint density at radius 3 is 1.97 bits per heavy atom. The fourth-order valence-corrected chi connectivity index (χ4v) is 2.86. The summed E-state index contributed by atoms with van der Waals surface area (Å²) in [5, 5.41) is 9.38. The van der Waals surface area contributed by atoms with Crippen molar-refractivity contribution in [3.8, 4) is 5.75 Å². The summed E-state index contributed by atoms with van der Waals surface area (Å²) in [7, 11) is 0. The van der Waals surface area contributed by atoms with Crippen LogP contribution in [0, 0.1) is 5.41 Å². The molecule has 2 aromatic carbocycles. The number of ether oxygens (including phenoxy) is 2. The number of carbonyl (C=O) groups is 2. The molecule has 3 N–H and O–H groups in total. The van der Waals surface area contributed by atoms with Crippen molar-refractivity contribution in [3.05, 3.63) is 65.2 Å². The van der Waals surface area contributed by atoms with Gasteiger partial charge in [-0.2, -0.15) is 5.90 Å². The molecule has 2 aromatic rings. The number of rotatable bonds is 5. The number of esters is 1. The van der Waals surface area contributed by atoms with E-state index < -0.39 is 23.0 Å². The summed E-state index contributed by atoms with van der Waals surface area (Å²) in [4.78, 5) is 28.8. The molecule has 2 aliphatic rings. The molecule has 0 amide bonds. The molecule has 4 rings (SSSR count). The Hall–Kier alpha value is -2.90. The van der Waals surface area contributed by atoms with E-state index in [-0.39, 0.29) is 13.0 Å². The van der Waals surface area contributed by atoms with Crippen LogP contribution in [0.5, 0.6) is 5.75 Å². The van der Waals surface area contributed by atoms with Crippen LogP contribution in [0.3, 0.4) is 0 Å². The van der Waals surface area contributed by atoms with Crippen LogP contribution in [0.25, 0.3) is 0 Å². The SMILES string of the molecule is CC(C)(C)OC(=O)C(C)(Cc1ccccc1CO)C(=O)ON.c1cc2ccc1CO2. The molecular weight excluding hydrogens is 386 g/mol. The van der Waals surface area contributed by atoms with Gasteiger partial charge < -0.3 is 19.4 Å². The molecule has 162 valence electrons. The molecule has 7 nitrogen and oxygen atoms in total. The van der Waals surface area contributed by atoms with Gasteiger partial charge in [0.05, 0.1) is 6.61 Å². The Kier molecular flexibility index (Phi) is 7.59. The molecule has 30 heavy (non-hydrogen) atoms. The molecule has 2 heterocycles. The average Bonchev–Trinajstić information content (AvgIpc) is 2.74. The monoisotopic (exact) mass is 415 g/mol. The van der Waals surface area contributed by atoms with Gasteiger partial charge in [0, 0.05) is 0 Å². The molecule has 0 saturated heterocycles. The van der Waals surface area contributed by atoms with E-state index in [1.807, 2.05) is 12.1 Å². The summed E-state index contributed by atoms with van der Waals surface area (Å²) in [5.41, 5.74) is 0.211. The lowest BCUT2D eigenvalue weighted by Crippen LogP contribution is -2.45. The van der Waals surface area contributed by atoms with Gasteiger partial charge in [-0.1, -0.05) is 36.4 Å². The van der Waals surface area contributed by atoms with Crippen molar-refractivity contribution in [2.45, 2.75) is 52.9 Å². The first-order chi connectivity index (χ1) is 14.1. The largest absolute Gasteiger partial charge is 0.489 e. The van der Waals surface area contributed by atoms with E-state index in [2.05, 4.69) is 17.0 Å². The van der Waals surface area contributed by atoms with Crippen LogP contribution in [0.1, 0.15) is 44.4 Å². The molecule has 2 bridgehead atoms. The number of carbonyl (C=O) groups excluding carboxylic acids is 2. The molecule has 1 atom stereocenters. The summed E-state index contributed by atoms with van der Waals surface area (Å²) in [6.45, 7) is 7.12. The minimum atomic E-state index is -1.59. The lowest BCUT2D eigenvalue weighted by atomic mass is 9.82. The maximum atomic E-state index is 12.4. The summed E-state index contributed by atoms with van der Waals surface area (Å²) >= 11 is 0. The van der Waals surface area contributed by atoms with E-state index in [1.165, 1.54) is 12.5 Å². The highest BCUT2D eigenvalue weighted by molar-refractivity contribution is 6.00. The predicted octanol–water partition coefficient (Wildman–Crippen LogP) is 3.07. The molecule has 0 aromatic heterocycles. The van der Waals surface area contributed by atoms with Crippen molar-refractivity contribution >= 4 is 11.9 Å². The number of aliphatic hydroxyl groups is 1. The Bertz CT molecular complexity index is 849. The summed E-state index contributed by atoms with van der Waals surface area (Å²) < 4.78 is 10.5. The number of fused-ring (bicyclic) bond motifs is 3. The Morgan fingerprint density at radius 2 is 1.60 bits per heavy atom. The lowest BCUT2D eigenvalue weighted by Gasteiger charge is -2.29. The normalized spacial score (nSPS) is 13.9. The molecule has 0 aliphatic carbocycles. The molecule has 1 unspecified atom stereocenters. The quantitative estimate of drug-likeness (QED) is 0.439. The topological polar surface area (TPSA) is 108 Å². The van der Waals surface area contributed by atoms with Crippen LogP contribution in [0.15, 0.2) is 48.5 Å². The van der Waals surface area contributed by atoms with Crippen LogP contribution in [-0.2, 0) is 38.8 Å². The van der Waals surface area contributed by atoms with Crippen LogP contribution < -0.4 is 10.6 Å². The highest BCUT2D eigenvalue weighted by atomic mass is 16.7. The van der Waals surface area contributed by atoms with E-state index in [0.717, 1.165) is 12.4 Å². The van der Waals surface area contributed by atoms with Gasteiger partial charge in [0.25, 0.3) is 0 Å². The number of benzene rings is 2.